The molecular formula is C27H30N4S. The van der Waals surface area contributed by atoms with Gasteiger partial charge < -0.3 is 4.90 Å². The number of thiazole rings is 1. The van der Waals surface area contributed by atoms with Crippen LogP contribution in [-0.4, -0.2) is 41.0 Å². The van der Waals surface area contributed by atoms with Crippen LogP contribution in [0.1, 0.15) is 37.4 Å². The molecule has 4 nitrogen and oxygen atoms in total. The zero-order valence-corrected chi connectivity index (χ0v) is 19.7. The Morgan fingerprint density at radius 3 is 2.69 bits per heavy atom. The molecule has 0 radical (unpaired) electrons. The summed E-state index contributed by atoms with van der Waals surface area (Å²) in [7, 11) is 0. The summed E-state index contributed by atoms with van der Waals surface area (Å²) in [6.45, 7) is 9.68. The second-order valence-electron chi connectivity index (χ2n) is 8.90. The summed E-state index contributed by atoms with van der Waals surface area (Å²) in [4.78, 5) is 14.7. The molecule has 0 saturated carbocycles. The van der Waals surface area contributed by atoms with Gasteiger partial charge in [-0.05, 0) is 36.1 Å². The van der Waals surface area contributed by atoms with Crippen molar-refractivity contribution < 1.29 is 0 Å². The Labute approximate surface area is 194 Å². The lowest BCUT2D eigenvalue weighted by atomic mass is 9.99. The number of nitrogens with zero attached hydrogens (tertiary/aromatic N) is 4. The third kappa shape index (κ3) is 4.54. The van der Waals surface area contributed by atoms with Crippen molar-refractivity contribution in [1.82, 2.24) is 14.9 Å². The Hall–Kier alpha value is -2.76. The zero-order chi connectivity index (χ0) is 21.9. The molecule has 3 heterocycles. The van der Waals surface area contributed by atoms with Crippen molar-refractivity contribution in [2.24, 2.45) is 0 Å². The highest BCUT2D eigenvalue weighted by molar-refractivity contribution is 7.13. The summed E-state index contributed by atoms with van der Waals surface area (Å²) in [5, 5.41) is 4.57. The number of aromatic nitrogens is 2. The van der Waals surface area contributed by atoms with Gasteiger partial charge in [-0.15, -0.1) is 11.3 Å². The fraction of sp³-hybridized carbons (Fsp3) is 0.333. The molecule has 1 fully saturated rings. The largest absolute Gasteiger partial charge is 0.368 e. The Kier molecular flexibility index (Phi) is 6.19. The second kappa shape index (κ2) is 9.39. The van der Waals surface area contributed by atoms with Gasteiger partial charge in [-0.3, -0.25) is 9.88 Å². The van der Waals surface area contributed by atoms with Crippen molar-refractivity contribution in [2.75, 3.05) is 31.1 Å². The minimum absolute atomic E-state index is 0.505. The fourth-order valence-electron chi connectivity index (χ4n) is 4.46. The van der Waals surface area contributed by atoms with Gasteiger partial charge in [0.25, 0.3) is 0 Å². The van der Waals surface area contributed by atoms with Crippen LogP contribution in [0.2, 0.25) is 0 Å². The van der Waals surface area contributed by atoms with E-state index in [2.05, 4.69) is 77.6 Å². The number of fused-ring (bicyclic) bond motifs is 1. The summed E-state index contributed by atoms with van der Waals surface area (Å²) in [5.74, 6) is 0.505. The summed E-state index contributed by atoms with van der Waals surface area (Å²) in [5.41, 5.74) is 6.18. The summed E-state index contributed by atoms with van der Waals surface area (Å²) >= 11 is 1.74. The third-order valence-corrected chi connectivity index (χ3v) is 7.20. The molecule has 0 atom stereocenters. The smallest absolute Gasteiger partial charge is 0.123 e. The molecule has 164 valence electrons. The standard InChI is InChI=1S/C27H30N4S/c1-20(2)23-16-22-10-6-11-28-26(22)25(17-23)31-13-7-12-30(14-15-31)18-24-19-32-27(29-24)21-8-4-3-5-9-21/h3-6,8-11,16-17,19-20H,7,12-15,18H2,1-2H3. The highest BCUT2D eigenvalue weighted by Crippen LogP contribution is 2.31. The van der Waals surface area contributed by atoms with Crippen molar-refractivity contribution >= 4 is 27.9 Å². The van der Waals surface area contributed by atoms with E-state index in [9.17, 15) is 0 Å². The Bertz CT molecular complexity index is 1180. The van der Waals surface area contributed by atoms with Crippen molar-refractivity contribution in [3.05, 3.63) is 77.4 Å². The number of hydrogen-bond acceptors (Lipinski definition) is 5. The van der Waals surface area contributed by atoms with Crippen LogP contribution in [0, 0.1) is 0 Å². The van der Waals surface area contributed by atoms with E-state index in [1.54, 1.807) is 11.3 Å². The Morgan fingerprint density at radius 1 is 0.969 bits per heavy atom. The van der Waals surface area contributed by atoms with Crippen LogP contribution in [0.4, 0.5) is 5.69 Å². The predicted octanol–water partition coefficient (Wildman–Crippen LogP) is 6.19. The lowest BCUT2D eigenvalue weighted by molar-refractivity contribution is 0.282. The maximum Gasteiger partial charge on any atom is 0.123 e. The van der Waals surface area contributed by atoms with Crippen LogP contribution in [0.25, 0.3) is 21.5 Å². The van der Waals surface area contributed by atoms with E-state index in [4.69, 9.17) is 9.97 Å². The maximum absolute atomic E-state index is 4.91. The number of hydrogen-bond donors (Lipinski definition) is 0. The molecule has 0 unspecified atom stereocenters. The first-order valence-corrected chi connectivity index (χ1v) is 12.4. The molecule has 0 spiro atoms. The first-order chi connectivity index (χ1) is 15.7. The van der Waals surface area contributed by atoms with Crippen molar-refractivity contribution in [2.45, 2.75) is 32.7 Å². The van der Waals surface area contributed by atoms with Gasteiger partial charge >= 0.3 is 0 Å². The van der Waals surface area contributed by atoms with Gasteiger partial charge in [0.1, 0.15) is 5.01 Å². The summed E-state index contributed by atoms with van der Waals surface area (Å²) in [6, 6.07) is 19.4. The van der Waals surface area contributed by atoms with E-state index < -0.39 is 0 Å². The van der Waals surface area contributed by atoms with E-state index in [-0.39, 0.29) is 0 Å². The van der Waals surface area contributed by atoms with Crippen molar-refractivity contribution in [3.63, 3.8) is 0 Å². The minimum Gasteiger partial charge on any atom is -0.368 e. The molecule has 0 N–H and O–H groups in total. The second-order valence-corrected chi connectivity index (χ2v) is 9.75. The lowest BCUT2D eigenvalue weighted by Gasteiger charge is -2.25. The quantitative estimate of drug-likeness (QED) is 0.369. The number of pyridine rings is 1. The van der Waals surface area contributed by atoms with Gasteiger partial charge in [0.2, 0.25) is 0 Å². The molecular weight excluding hydrogens is 412 g/mol. The highest BCUT2D eigenvalue weighted by Gasteiger charge is 2.19. The molecule has 4 aromatic rings. The van der Waals surface area contributed by atoms with Gasteiger partial charge in [0.05, 0.1) is 16.9 Å². The molecule has 0 bridgehead atoms. The number of benzene rings is 2. The average Bonchev–Trinajstić information content (AvgIpc) is 3.17. The van der Waals surface area contributed by atoms with E-state index in [0.29, 0.717) is 5.92 Å². The normalized spacial score (nSPS) is 15.4. The van der Waals surface area contributed by atoms with Gasteiger partial charge in [-0.1, -0.05) is 50.2 Å². The van der Waals surface area contributed by atoms with E-state index in [1.165, 1.54) is 27.9 Å². The number of rotatable bonds is 5. The molecule has 2 aromatic carbocycles. The Morgan fingerprint density at radius 2 is 1.84 bits per heavy atom. The van der Waals surface area contributed by atoms with Crippen LogP contribution in [0.15, 0.2) is 66.2 Å². The average molecular weight is 443 g/mol. The van der Waals surface area contributed by atoms with Gasteiger partial charge in [-0.2, -0.15) is 0 Å². The molecule has 0 aliphatic carbocycles. The molecule has 5 rings (SSSR count). The summed E-state index contributed by atoms with van der Waals surface area (Å²) < 4.78 is 0. The third-order valence-electron chi connectivity index (χ3n) is 6.26. The van der Waals surface area contributed by atoms with Crippen LogP contribution >= 0.6 is 11.3 Å². The van der Waals surface area contributed by atoms with Crippen LogP contribution < -0.4 is 4.90 Å². The van der Waals surface area contributed by atoms with E-state index in [0.717, 1.165) is 49.7 Å². The van der Waals surface area contributed by atoms with Crippen LogP contribution in [0.3, 0.4) is 0 Å². The maximum atomic E-state index is 4.91. The SMILES string of the molecule is CC(C)c1cc(N2CCCN(Cc3csc(-c4ccccc4)n3)CC2)c2ncccc2c1. The highest BCUT2D eigenvalue weighted by atomic mass is 32.1. The zero-order valence-electron chi connectivity index (χ0n) is 18.9. The van der Waals surface area contributed by atoms with Gasteiger partial charge in [-0.25, -0.2) is 4.98 Å². The van der Waals surface area contributed by atoms with E-state index in [1.807, 2.05) is 12.3 Å². The molecule has 1 saturated heterocycles. The van der Waals surface area contributed by atoms with Crippen LogP contribution in [0.5, 0.6) is 0 Å². The molecule has 32 heavy (non-hydrogen) atoms. The molecule has 0 amide bonds. The lowest BCUT2D eigenvalue weighted by Crippen LogP contribution is -2.30. The molecule has 5 heteroatoms. The Balaban J connectivity index is 1.31. The number of anilines is 1. The molecule has 1 aliphatic rings. The molecule has 1 aliphatic heterocycles. The van der Waals surface area contributed by atoms with Gasteiger partial charge in [0, 0.05) is 55.3 Å². The van der Waals surface area contributed by atoms with Crippen molar-refractivity contribution in [3.8, 4) is 10.6 Å². The topological polar surface area (TPSA) is 32.3 Å². The van der Waals surface area contributed by atoms with Gasteiger partial charge in [0.15, 0.2) is 0 Å². The first-order valence-electron chi connectivity index (χ1n) is 11.5. The summed E-state index contributed by atoms with van der Waals surface area (Å²) in [6.07, 6.45) is 3.06. The monoisotopic (exact) mass is 442 g/mol. The van der Waals surface area contributed by atoms with E-state index >= 15 is 0 Å². The molecule has 2 aromatic heterocycles. The first kappa shape index (κ1) is 21.1. The fourth-order valence-corrected chi connectivity index (χ4v) is 5.28. The minimum atomic E-state index is 0.505. The predicted molar refractivity (Wildman–Crippen MR) is 135 cm³/mol. The van der Waals surface area contributed by atoms with Crippen LogP contribution in [-0.2, 0) is 6.54 Å². The van der Waals surface area contributed by atoms with Crippen molar-refractivity contribution in [1.29, 1.82) is 0 Å².